The van der Waals surface area contributed by atoms with Crippen LogP contribution >= 0.6 is 11.6 Å². The Morgan fingerprint density at radius 1 is 0.964 bits per heavy atom. The standard InChI is InChI=1S/C20H18ClN3O3S/c21-16-8-6-15(7-9-16)19(14-20(25)23-17-10-12-22-13-11-17)24-28(26,27)18-4-2-1-3-5-18/h1-13,19,24H,14H2,(H,22,23,25)/t19-/m1/s1. The summed E-state index contributed by atoms with van der Waals surface area (Å²) in [5.41, 5.74) is 1.22. The summed E-state index contributed by atoms with van der Waals surface area (Å²) in [5.74, 6) is -0.332. The van der Waals surface area contributed by atoms with E-state index in [0.717, 1.165) is 0 Å². The lowest BCUT2D eigenvalue weighted by molar-refractivity contribution is -0.116. The van der Waals surface area contributed by atoms with Crippen molar-refractivity contribution in [2.45, 2.75) is 17.4 Å². The van der Waals surface area contributed by atoms with E-state index in [1.165, 1.54) is 12.1 Å². The number of carbonyl (C=O) groups excluding carboxylic acids is 1. The zero-order chi connectivity index (χ0) is 20.0. The molecule has 0 aliphatic heterocycles. The Hall–Kier alpha value is -2.74. The van der Waals surface area contributed by atoms with Crippen molar-refractivity contribution >= 4 is 33.2 Å². The van der Waals surface area contributed by atoms with Crippen LogP contribution in [0.25, 0.3) is 0 Å². The molecular weight excluding hydrogens is 398 g/mol. The van der Waals surface area contributed by atoms with Gasteiger partial charge in [-0.25, -0.2) is 13.1 Å². The van der Waals surface area contributed by atoms with E-state index in [0.29, 0.717) is 16.3 Å². The molecule has 28 heavy (non-hydrogen) atoms. The van der Waals surface area contributed by atoms with E-state index in [-0.39, 0.29) is 17.2 Å². The maximum absolute atomic E-state index is 12.7. The first-order valence-corrected chi connectivity index (χ1v) is 10.3. The van der Waals surface area contributed by atoms with Crippen molar-refractivity contribution in [3.63, 3.8) is 0 Å². The van der Waals surface area contributed by atoms with Crippen molar-refractivity contribution in [2.75, 3.05) is 5.32 Å². The molecule has 0 bridgehead atoms. The molecule has 144 valence electrons. The molecule has 8 heteroatoms. The molecule has 1 atom stereocenters. The molecule has 1 amide bonds. The summed E-state index contributed by atoms with van der Waals surface area (Å²) in [4.78, 5) is 16.5. The fourth-order valence-corrected chi connectivity index (χ4v) is 3.98. The fourth-order valence-electron chi connectivity index (χ4n) is 2.61. The van der Waals surface area contributed by atoms with E-state index in [9.17, 15) is 13.2 Å². The minimum atomic E-state index is -3.81. The zero-order valence-corrected chi connectivity index (χ0v) is 16.3. The molecule has 1 heterocycles. The summed E-state index contributed by atoms with van der Waals surface area (Å²) in [7, 11) is -3.81. The number of anilines is 1. The van der Waals surface area contributed by atoms with Crippen LogP contribution in [-0.4, -0.2) is 19.3 Å². The molecule has 2 aromatic carbocycles. The smallest absolute Gasteiger partial charge is 0.241 e. The maximum atomic E-state index is 12.7. The highest BCUT2D eigenvalue weighted by Crippen LogP contribution is 2.23. The molecule has 0 aliphatic carbocycles. The molecule has 0 fully saturated rings. The predicted octanol–water partition coefficient (Wildman–Crippen LogP) is 3.78. The first kappa shape index (κ1) is 20.0. The summed E-state index contributed by atoms with van der Waals surface area (Å²) in [6.07, 6.45) is 3.03. The minimum Gasteiger partial charge on any atom is -0.326 e. The second-order valence-corrected chi connectivity index (χ2v) is 8.18. The van der Waals surface area contributed by atoms with Gasteiger partial charge in [-0.2, -0.15) is 0 Å². The highest BCUT2D eigenvalue weighted by molar-refractivity contribution is 7.89. The van der Waals surface area contributed by atoms with Gasteiger partial charge in [0.1, 0.15) is 0 Å². The first-order chi connectivity index (χ1) is 13.4. The molecule has 0 saturated heterocycles. The average Bonchev–Trinajstić information content (AvgIpc) is 2.69. The highest BCUT2D eigenvalue weighted by Gasteiger charge is 2.23. The van der Waals surface area contributed by atoms with E-state index in [1.807, 2.05) is 0 Å². The second kappa shape index (κ2) is 8.97. The normalized spacial score (nSPS) is 12.3. The summed E-state index contributed by atoms with van der Waals surface area (Å²) in [6, 6.07) is 17.3. The van der Waals surface area contributed by atoms with Gasteiger partial charge in [0.05, 0.1) is 10.9 Å². The number of rotatable bonds is 7. The van der Waals surface area contributed by atoms with Crippen molar-refractivity contribution in [3.8, 4) is 0 Å². The number of amides is 1. The zero-order valence-electron chi connectivity index (χ0n) is 14.7. The number of hydrogen-bond donors (Lipinski definition) is 2. The number of halogens is 1. The van der Waals surface area contributed by atoms with E-state index in [1.54, 1.807) is 67.0 Å². The summed E-state index contributed by atoms with van der Waals surface area (Å²) >= 11 is 5.93. The SMILES string of the molecule is O=C(C[C@@H](NS(=O)(=O)c1ccccc1)c1ccc(Cl)cc1)Nc1ccncc1. The van der Waals surface area contributed by atoms with Crippen LogP contribution in [-0.2, 0) is 14.8 Å². The Labute approximate surface area is 168 Å². The largest absolute Gasteiger partial charge is 0.326 e. The molecule has 3 rings (SSSR count). The molecule has 2 N–H and O–H groups in total. The van der Waals surface area contributed by atoms with Crippen molar-refractivity contribution in [2.24, 2.45) is 0 Å². The lowest BCUT2D eigenvalue weighted by Gasteiger charge is -2.19. The summed E-state index contributed by atoms with van der Waals surface area (Å²) in [6.45, 7) is 0. The van der Waals surface area contributed by atoms with Gasteiger partial charge in [0.15, 0.2) is 0 Å². The lowest BCUT2D eigenvalue weighted by atomic mass is 10.0. The van der Waals surface area contributed by atoms with Gasteiger partial charge in [-0.3, -0.25) is 9.78 Å². The number of nitrogens with one attached hydrogen (secondary N) is 2. The van der Waals surface area contributed by atoms with Crippen LogP contribution in [0.2, 0.25) is 5.02 Å². The van der Waals surface area contributed by atoms with Crippen molar-refractivity contribution in [1.82, 2.24) is 9.71 Å². The first-order valence-electron chi connectivity index (χ1n) is 8.47. The quantitative estimate of drug-likeness (QED) is 0.614. The molecule has 0 unspecified atom stereocenters. The Kier molecular flexibility index (Phi) is 6.41. The maximum Gasteiger partial charge on any atom is 0.241 e. The van der Waals surface area contributed by atoms with Crippen LogP contribution in [0.3, 0.4) is 0 Å². The van der Waals surface area contributed by atoms with Crippen LogP contribution in [0, 0.1) is 0 Å². The third-order valence-electron chi connectivity index (χ3n) is 3.98. The van der Waals surface area contributed by atoms with Crippen LogP contribution in [0.4, 0.5) is 5.69 Å². The van der Waals surface area contributed by atoms with Gasteiger partial charge in [0.25, 0.3) is 0 Å². The highest BCUT2D eigenvalue weighted by atomic mass is 35.5. The van der Waals surface area contributed by atoms with Gasteiger partial charge in [-0.05, 0) is 42.0 Å². The van der Waals surface area contributed by atoms with E-state index >= 15 is 0 Å². The fraction of sp³-hybridized carbons (Fsp3) is 0.100. The topological polar surface area (TPSA) is 88.2 Å². The minimum absolute atomic E-state index is 0.0873. The third-order valence-corrected chi connectivity index (χ3v) is 5.72. The van der Waals surface area contributed by atoms with E-state index in [2.05, 4.69) is 15.0 Å². The number of pyridine rings is 1. The van der Waals surface area contributed by atoms with Gasteiger partial charge >= 0.3 is 0 Å². The van der Waals surface area contributed by atoms with Gasteiger partial charge in [-0.15, -0.1) is 0 Å². The Balaban J connectivity index is 1.83. The van der Waals surface area contributed by atoms with Crippen molar-refractivity contribution in [1.29, 1.82) is 0 Å². The number of nitrogens with zero attached hydrogens (tertiary/aromatic N) is 1. The molecule has 6 nitrogen and oxygen atoms in total. The van der Waals surface area contributed by atoms with Crippen LogP contribution in [0.1, 0.15) is 18.0 Å². The van der Waals surface area contributed by atoms with Gasteiger partial charge in [0.2, 0.25) is 15.9 Å². The van der Waals surface area contributed by atoms with E-state index < -0.39 is 16.1 Å². The second-order valence-electron chi connectivity index (χ2n) is 6.03. The monoisotopic (exact) mass is 415 g/mol. The molecule has 0 saturated carbocycles. The van der Waals surface area contributed by atoms with Gasteiger partial charge in [-0.1, -0.05) is 41.9 Å². The lowest BCUT2D eigenvalue weighted by Crippen LogP contribution is -2.31. The molecule has 0 spiro atoms. The molecule has 3 aromatic rings. The summed E-state index contributed by atoms with van der Waals surface area (Å²) < 4.78 is 28.1. The van der Waals surface area contributed by atoms with Crippen LogP contribution in [0.15, 0.2) is 84.0 Å². The third kappa shape index (κ3) is 5.39. The van der Waals surface area contributed by atoms with Crippen molar-refractivity contribution in [3.05, 3.63) is 89.7 Å². The van der Waals surface area contributed by atoms with Gasteiger partial charge < -0.3 is 5.32 Å². The Morgan fingerprint density at radius 2 is 1.61 bits per heavy atom. The van der Waals surface area contributed by atoms with E-state index in [4.69, 9.17) is 11.6 Å². The molecule has 0 radical (unpaired) electrons. The Bertz CT molecular complexity index is 1030. The van der Waals surface area contributed by atoms with Gasteiger partial charge in [0, 0.05) is 29.5 Å². The molecule has 0 aliphatic rings. The predicted molar refractivity (Wildman–Crippen MR) is 108 cm³/mol. The molecule has 1 aromatic heterocycles. The van der Waals surface area contributed by atoms with Crippen LogP contribution in [0.5, 0.6) is 0 Å². The van der Waals surface area contributed by atoms with Crippen molar-refractivity contribution < 1.29 is 13.2 Å². The summed E-state index contributed by atoms with van der Waals surface area (Å²) in [5, 5.41) is 3.26. The number of hydrogen-bond acceptors (Lipinski definition) is 4. The number of benzene rings is 2. The Morgan fingerprint density at radius 3 is 2.25 bits per heavy atom. The average molecular weight is 416 g/mol. The van der Waals surface area contributed by atoms with Crippen LogP contribution < -0.4 is 10.0 Å². The number of aromatic nitrogens is 1. The molecular formula is C20H18ClN3O3S. The number of sulfonamides is 1. The number of carbonyl (C=O) groups is 1.